The van der Waals surface area contributed by atoms with Crippen LogP contribution in [0.4, 0.5) is 5.69 Å². The van der Waals surface area contributed by atoms with E-state index in [1.807, 2.05) is 34.6 Å². The number of hydrogen-bond acceptors (Lipinski definition) is 4. The van der Waals surface area contributed by atoms with Crippen molar-refractivity contribution in [3.63, 3.8) is 0 Å². The minimum Gasteiger partial charge on any atom is -0.399 e. The molecule has 21 heavy (non-hydrogen) atoms. The normalized spacial score (nSPS) is 22.1. The van der Waals surface area contributed by atoms with E-state index in [-0.39, 0.29) is 4.90 Å². The summed E-state index contributed by atoms with van der Waals surface area (Å²) in [6.07, 6.45) is 0. The average Bonchev–Trinajstić information content (AvgIpc) is 2.23. The summed E-state index contributed by atoms with van der Waals surface area (Å²) < 4.78 is 33.2. The third-order valence-corrected chi connectivity index (χ3v) is 5.15. The van der Waals surface area contributed by atoms with Crippen LogP contribution in [0.3, 0.4) is 0 Å². The molecule has 0 amide bonds. The molecule has 0 unspecified atom stereocenters. The van der Waals surface area contributed by atoms with E-state index in [1.54, 1.807) is 12.1 Å². The SMILES string of the molecule is Cc1cc(N)cc(S(=O)(=O)N2CC(C)(C)OC(C)(C)C2)c1. The number of sulfonamides is 1. The Balaban J connectivity index is 2.43. The van der Waals surface area contributed by atoms with Gasteiger partial charge in [0.05, 0.1) is 16.1 Å². The first-order chi connectivity index (χ1) is 9.41. The van der Waals surface area contributed by atoms with Crippen LogP contribution in [0.2, 0.25) is 0 Å². The number of nitrogen functional groups attached to an aromatic ring is 1. The summed E-state index contributed by atoms with van der Waals surface area (Å²) in [6, 6.07) is 4.92. The van der Waals surface area contributed by atoms with Gasteiger partial charge in [-0.2, -0.15) is 4.31 Å². The molecule has 5 nitrogen and oxygen atoms in total. The number of aryl methyl sites for hydroxylation is 1. The average molecular weight is 312 g/mol. The van der Waals surface area contributed by atoms with Crippen molar-refractivity contribution in [3.8, 4) is 0 Å². The van der Waals surface area contributed by atoms with E-state index in [9.17, 15) is 8.42 Å². The molecule has 1 fully saturated rings. The summed E-state index contributed by atoms with van der Waals surface area (Å²) >= 11 is 0. The van der Waals surface area contributed by atoms with Crippen molar-refractivity contribution in [2.75, 3.05) is 18.8 Å². The van der Waals surface area contributed by atoms with Crippen LogP contribution < -0.4 is 5.73 Å². The summed E-state index contributed by atoms with van der Waals surface area (Å²) in [5, 5.41) is 0. The molecule has 1 aromatic rings. The summed E-state index contributed by atoms with van der Waals surface area (Å²) in [5.41, 5.74) is 6.03. The van der Waals surface area contributed by atoms with Gasteiger partial charge in [0.15, 0.2) is 0 Å². The van der Waals surface area contributed by atoms with Gasteiger partial charge in [0.25, 0.3) is 0 Å². The highest BCUT2D eigenvalue weighted by atomic mass is 32.2. The summed E-state index contributed by atoms with van der Waals surface area (Å²) in [5.74, 6) is 0. The van der Waals surface area contributed by atoms with Gasteiger partial charge in [0.2, 0.25) is 10.0 Å². The Kier molecular flexibility index (Phi) is 3.85. The summed E-state index contributed by atoms with van der Waals surface area (Å²) in [4.78, 5) is 0.244. The van der Waals surface area contributed by atoms with E-state index in [2.05, 4.69) is 0 Å². The Hall–Kier alpha value is -1.11. The number of rotatable bonds is 2. The monoisotopic (exact) mass is 312 g/mol. The molecular weight excluding hydrogens is 288 g/mol. The summed E-state index contributed by atoms with van der Waals surface area (Å²) in [6.45, 7) is 10.1. The van der Waals surface area contributed by atoms with E-state index >= 15 is 0 Å². The first kappa shape index (κ1) is 16.3. The Morgan fingerprint density at radius 2 is 1.62 bits per heavy atom. The number of morpholine rings is 1. The fourth-order valence-electron chi connectivity index (χ4n) is 2.96. The smallest absolute Gasteiger partial charge is 0.243 e. The third kappa shape index (κ3) is 3.56. The van der Waals surface area contributed by atoms with E-state index in [1.165, 1.54) is 10.4 Å². The van der Waals surface area contributed by atoms with Crippen LogP contribution in [0, 0.1) is 6.92 Å². The lowest BCUT2D eigenvalue weighted by molar-refractivity contribution is -0.163. The fourth-order valence-corrected chi connectivity index (χ4v) is 4.84. The molecule has 0 aromatic heterocycles. The van der Waals surface area contributed by atoms with Gasteiger partial charge in [-0.3, -0.25) is 0 Å². The molecule has 2 rings (SSSR count). The molecule has 1 aliphatic heterocycles. The van der Waals surface area contributed by atoms with Crippen molar-refractivity contribution in [2.24, 2.45) is 0 Å². The zero-order valence-corrected chi connectivity index (χ0v) is 14.1. The standard InChI is InChI=1S/C15H24N2O3S/c1-11-6-12(16)8-13(7-11)21(18,19)17-9-14(2,3)20-15(4,5)10-17/h6-8H,9-10,16H2,1-5H3. The van der Waals surface area contributed by atoms with Crippen LogP contribution in [-0.4, -0.2) is 37.0 Å². The number of nitrogens with two attached hydrogens (primary N) is 1. The number of anilines is 1. The lowest BCUT2D eigenvalue weighted by Crippen LogP contribution is -2.58. The summed E-state index contributed by atoms with van der Waals surface area (Å²) in [7, 11) is -3.58. The second kappa shape index (κ2) is 4.97. The molecule has 118 valence electrons. The molecule has 0 radical (unpaired) electrons. The quantitative estimate of drug-likeness (QED) is 0.849. The maximum Gasteiger partial charge on any atom is 0.243 e. The van der Waals surface area contributed by atoms with Crippen molar-refractivity contribution >= 4 is 15.7 Å². The second-order valence-corrected chi connectivity index (χ2v) is 8.91. The molecule has 0 aliphatic carbocycles. The Morgan fingerprint density at radius 3 is 2.10 bits per heavy atom. The number of hydrogen-bond donors (Lipinski definition) is 1. The Bertz CT molecular complexity index is 615. The maximum absolute atomic E-state index is 12.9. The minimum absolute atomic E-state index is 0.244. The van der Waals surface area contributed by atoms with Crippen molar-refractivity contribution in [3.05, 3.63) is 23.8 Å². The van der Waals surface area contributed by atoms with E-state index in [0.717, 1.165) is 5.56 Å². The van der Waals surface area contributed by atoms with E-state index < -0.39 is 21.2 Å². The van der Waals surface area contributed by atoms with Crippen LogP contribution in [0.1, 0.15) is 33.3 Å². The molecule has 1 aliphatic rings. The number of benzene rings is 1. The van der Waals surface area contributed by atoms with Crippen LogP contribution in [0.5, 0.6) is 0 Å². The zero-order chi connectivity index (χ0) is 16.1. The minimum atomic E-state index is -3.58. The van der Waals surface area contributed by atoms with Crippen molar-refractivity contribution < 1.29 is 13.2 Å². The highest BCUT2D eigenvalue weighted by Gasteiger charge is 2.43. The Morgan fingerprint density at radius 1 is 1.10 bits per heavy atom. The molecule has 6 heteroatoms. The lowest BCUT2D eigenvalue weighted by Gasteiger charge is -2.46. The van der Waals surface area contributed by atoms with Gasteiger partial charge in [-0.25, -0.2) is 8.42 Å². The lowest BCUT2D eigenvalue weighted by atomic mass is 10.0. The molecule has 1 aromatic carbocycles. The van der Waals surface area contributed by atoms with Gasteiger partial charge < -0.3 is 10.5 Å². The molecule has 0 bridgehead atoms. The van der Waals surface area contributed by atoms with Crippen LogP contribution in [-0.2, 0) is 14.8 Å². The van der Waals surface area contributed by atoms with Crippen molar-refractivity contribution in [2.45, 2.75) is 50.7 Å². The third-order valence-electron chi connectivity index (χ3n) is 3.38. The highest BCUT2D eigenvalue weighted by Crippen LogP contribution is 2.32. The van der Waals surface area contributed by atoms with Crippen molar-refractivity contribution in [1.82, 2.24) is 4.31 Å². The highest BCUT2D eigenvalue weighted by molar-refractivity contribution is 7.89. The van der Waals surface area contributed by atoms with Gasteiger partial charge in [-0.15, -0.1) is 0 Å². The van der Waals surface area contributed by atoms with Crippen molar-refractivity contribution in [1.29, 1.82) is 0 Å². The van der Waals surface area contributed by atoms with E-state index in [0.29, 0.717) is 18.8 Å². The second-order valence-electron chi connectivity index (χ2n) is 6.97. The molecule has 0 atom stereocenters. The predicted octanol–water partition coefficient (Wildman–Crippen LogP) is 2.16. The number of nitrogens with zero attached hydrogens (tertiary/aromatic N) is 1. The van der Waals surface area contributed by atoms with Crippen LogP contribution in [0.25, 0.3) is 0 Å². The first-order valence-corrected chi connectivity index (χ1v) is 8.43. The molecular formula is C15H24N2O3S. The van der Waals surface area contributed by atoms with Crippen LogP contribution in [0.15, 0.2) is 23.1 Å². The van der Waals surface area contributed by atoms with Gasteiger partial charge in [-0.05, 0) is 58.4 Å². The molecule has 2 N–H and O–H groups in total. The zero-order valence-electron chi connectivity index (χ0n) is 13.3. The largest absolute Gasteiger partial charge is 0.399 e. The van der Waals surface area contributed by atoms with Gasteiger partial charge in [0, 0.05) is 18.8 Å². The maximum atomic E-state index is 12.9. The molecule has 0 saturated carbocycles. The van der Waals surface area contributed by atoms with Gasteiger partial charge in [0.1, 0.15) is 0 Å². The topological polar surface area (TPSA) is 72.6 Å². The molecule has 1 saturated heterocycles. The Labute approximate surface area is 127 Å². The first-order valence-electron chi connectivity index (χ1n) is 6.99. The molecule has 0 spiro atoms. The fraction of sp³-hybridized carbons (Fsp3) is 0.600. The van der Waals surface area contributed by atoms with Gasteiger partial charge in [-0.1, -0.05) is 0 Å². The van der Waals surface area contributed by atoms with Gasteiger partial charge >= 0.3 is 0 Å². The predicted molar refractivity (Wildman–Crippen MR) is 83.6 cm³/mol. The van der Waals surface area contributed by atoms with Crippen LogP contribution >= 0.6 is 0 Å². The van der Waals surface area contributed by atoms with E-state index in [4.69, 9.17) is 10.5 Å². The number of ether oxygens (including phenoxy) is 1. The molecule has 1 heterocycles.